The number of rotatable bonds is 26. The Morgan fingerprint density at radius 3 is 1.26 bits per heavy atom. The summed E-state index contributed by atoms with van der Waals surface area (Å²) in [6.45, 7) is 1.76. The zero-order valence-electron chi connectivity index (χ0n) is 24.2. The largest absolute Gasteiger partial charge is 0.481 e. The zero-order chi connectivity index (χ0) is 29.8. The van der Waals surface area contributed by atoms with Crippen molar-refractivity contribution in [1.29, 1.82) is 0 Å². The van der Waals surface area contributed by atoms with Gasteiger partial charge in [0.15, 0.2) is 0 Å². The molecule has 0 bridgehead atoms. The van der Waals surface area contributed by atoms with E-state index in [1.165, 1.54) is 38.5 Å². The normalized spacial score (nSPS) is 12.2. The highest BCUT2D eigenvalue weighted by Crippen LogP contribution is 2.33. The first kappa shape index (κ1) is 39.2. The van der Waals surface area contributed by atoms with E-state index in [0.717, 1.165) is 51.4 Å². The molecule has 39 heavy (non-hydrogen) atoms. The van der Waals surface area contributed by atoms with Crippen LogP contribution in [0.4, 0.5) is 0 Å². The molecule has 1 unspecified atom stereocenters. The Bertz CT molecular complexity index is 614. The van der Waals surface area contributed by atoms with Gasteiger partial charge in [0.2, 0.25) is 0 Å². The van der Waals surface area contributed by atoms with Crippen molar-refractivity contribution in [2.75, 3.05) is 19.8 Å². The zero-order valence-corrected chi connectivity index (χ0v) is 24.2. The van der Waals surface area contributed by atoms with E-state index in [4.69, 9.17) is 15.3 Å². The van der Waals surface area contributed by atoms with Crippen LogP contribution in [0, 0.1) is 11.3 Å². The second-order valence-electron chi connectivity index (χ2n) is 10.6. The van der Waals surface area contributed by atoms with E-state index in [0.29, 0.717) is 19.3 Å². The van der Waals surface area contributed by atoms with Gasteiger partial charge in [-0.25, -0.2) is 0 Å². The van der Waals surface area contributed by atoms with E-state index in [1.807, 2.05) is 6.92 Å². The molecule has 9 heteroatoms. The third-order valence-electron chi connectivity index (χ3n) is 7.20. The smallest absolute Gasteiger partial charge is 0.303 e. The van der Waals surface area contributed by atoms with Crippen LogP contribution < -0.4 is 0 Å². The predicted octanol–water partition coefficient (Wildman–Crippen LogP) is 5.79. The molecular formula is C30H56O9. The fourth-order valence-corrected chi connectivity index (χ4v) is 4.26. The molecule has 0 rings (SSSR count). The minimum Gasteiger partial charge on any atom is -0.481 e. The SMILES string of the molecule is CC(CO)C(CO)(CO)CCCCCCCC/C=C\CCCCCCCC(=O)O.O=C(O)CCCCC(=O)O. The summed E-state index contributed by atoms with van der Waals surface area (Å²) in [5, 5.41) is 53.4. The molecule has 0 aliphatic carbocycles. The van der Waals surface area contributed by atoms with Crippen LogP contribution in [-0.2, 0) is 14.4 Å². The maximum atomic E-state index is 10.4. The molecule has 0 spiro atoms. The van der Waals surface area contributed by atoms with Crippen molar-refractivity contribution in [2.45, 2.75) is 129 Å². The summed E-state index contributed by atoms with van der Waals surface area (Å²) in [5.74, 6) is -2.51. The van der Waals surface area contributed by atoms with Crippen molar-refractivity contribution in [3.8, 4) is 0 Å². The predicted molar refractivity (Wildman–Crippen MR) is 153 cm³/mol. The van der Waals surface area contributed by atoms with Crippen LogP contribution in [0.3, 0.4) is 0 Å². The van der Waals surface area contributed by atoms with Gasteiger partial charge in [-0.2, -0.15) is 0 Å². The fourth-order valence-electron chi connectivity index (χ4n) is 4.26. The highest BCUT2D eigenvalue weighted by molar-refractivity contribution is 5.68. The van der Waals surface area contributed by atoms with Crippen LogP contribution in [0.25, 0.3) is 0 Å². The average molecular weight is 561 g/mol. The maximum absolute atomic E-state index is 10.4. The van der Waals surface area contributed by atoms with Gasteiger partial charge in [-0.1, -0.05) is 70.4 Å². The third-order valence-corrected chi connectivity index (χ3v) is 7.20. The Morgan fingerprint density at radius 1 is 0.564 bits per heavy atom. The Morgan fingerprint density at radius 2 is 0.897 bits per heavy atom. The quantitative estimate of drug-likeness (QED) is 0.0565. The molecule has 9 nitrogen and oxygen atoms in total. The molecule has 0 saturated carbocycles. The minimum atomic E-state index is -0.870. The highest BCUT2D eigenvalue weighted by Gasteiger charge is 2.34. The van der Waals surface area contributed by atoms with E-state index in [-0.39, 0.29) is 38.6 Å². The molecule has 0 aliphatic heterocycles. The van der Waals surface area contributed by atoms with Crippen molar-refractivity contribution >= 4 is 17.9 Å². The van der Waals surface area contributed by atoms with Crippen LogP contribution in [-0.4, -0.2) is 68.4 Å². The van der Waals surface area contributed by atoms with Crippen LogP contribution in [0.2, 0.25) is 0 Å². The average Bonchev–Trinajstić information content (AvgIpc) is 2.90. The summed E-state index contributed by atoms with van der Waals surface area (Å²) in [6.07, 6.45) is 21.3. The van der Waals surface area contributed by atoms with Crippen molar-refractivity contribution in [2.24, 2.45) is 11.3 Å². The number of hydrogen-bond donors (Lipinski definition) is 6. The van der Waals surface area contributed by atoms with E-state index >= 15 is 0 Å². The van der Waals surface area contributed by atoms with E-state index in [2.05, 4.69) is 12.2 Å². The first-order valence-electron chi connectivity index (χ1n) is 14.8. The van der Waals surface area contributed by atoms with Gasteiger partial charge in [0, 0.05) is 31.3 Å². The van der Waals surface area contributed by atoms with Gasteiger partial charge in [-0.05, 0) is 57.3 Å². The number of aliphatic hydroxyl groups excluding tert-OH is 3. The van der Waals surface area contributed by atoms with Crippen molar-refractivity contribution in [3.05, 3.63) is 12.2 Å². The number of aliphatic carboxylic acids is 3. The van der Waals surface area contributed by atoms with Gasteiger partial charge in [0.05, 0.1) is 13.2 Å². The lowest BCUT2D eigenvalue weighted by molar-refractivity contribution is -0.139. The van der Waals surface area contributed by atoms with Crippen molar-refractivity contribution < 1.29 is 45.0 Å². The molecule has 0 aromatic heterocycles. The van der Waals surface area contributed by atoms with Gasteiger partial charge in [0.25, 0.3) is 0 Å². The standard InChI is InChI=1S/C24H46O5.C6H10O4/c1-22(19-25)24(20-26,21-27)18-16-14-12-10-8-6-4-2-3-5-7-9-11-13-15-17-23(28)29;7-5(8)3-1-2-4-6(9)10/h2-3,22,25-27H,4-21H2,1H3,(H,28,29);1-4H2,(H,7,8)(H,9,10)/b3-2-;. The number of aliphatic hydroxyl groups is 3. The number of carboxylic acids is 3. The van der Waals surface area contributed by atoms with Crippen LogP contribution in [0.5, 0.6) is 0 Å². The number of carbonyl (C=O) groups is 3. The van der Waals surface area contributed by atoms with Crippen LogP contribution in [0.15, 0.2) is 12.2 Å². The van der Waals surface area contributed by atoms with Gasteiger partial charge >= 0.3 is 17.9 Å². The summed E-state index contributed by atoms with van der Waals surface area (Å²) >= 11 is 0. The molecule has 6 N–H and O–H groups in total. The second kappa shape index (κ2) is 27.6. The molecule has 0 aromatic carbocycles. The Kier molecular flexibility index (Phi) is 27.7. The lowest BCUT2D eigenvalue weighted by atomic mass is 9.74. The first-order chi connectivity index (χ1) is 18.6. The van der Waals surface area contributed by atoms with Crippen molar-refractivity contribution in [1.82, 2.24) is 0 Å². The summed E-state index contributed by atoms with van der Waals surface area (Å²) in [6, 6.07) is 0. The number of unbranched alkanes of at least 4 members (excludes halogenated alkanes) is 12. The Hall–Kier alpha value is -1.97. The van der Waals surface area contributed by atoms with Crippen molar-refractivity contribution in [3.63, 3.8) is 0 Å². The maximum Gasteiger partial charge on any atom is 0.303 e. The molecule has 0 heterocycles. The summed E-state index contributed by atoms with van der Waals surface area (Å²) in [4.78, 5) is 30.2. The molecule has 0 aromatic rings. The fraction of sp³-hybridized carbons (Fsp3) is 0.833. The first-order valence-corrected chi connectivity index (χ1v) is 14.8. The van der Waals surface area contributed by atoms with Crippen LogP contribution >= 0.6 is 0 Å². The van der Waals surface area contributed by atoms with Gasteiger partial charge in [-0.3, -0.25) is 14.4 Å². The molecule has 0 radical (unpaired) electrons. The third kappa shape index (κ3) is 26.0. The van der Waals surface area contributed by atoms with E-state index in [9.17, 15) is 29.7 Å². The lowest BCUT2D eigenvalue weighted by Crippen LogP contribution is -2.38. The molecule has 0 fully saturated rings. The highest BCUT2D eigenvalue weighted by atomic mass is 16.4. The number of hydrogen-bond acceptors (Lipinski definition) is 6. The minimum absolute atomic E-state index is 0.00142. The van der Waals surface area contributed by atoms with Crippen LogP contribution in [0.1, 0.15) is 129 Å². The summed E-state index contributed by atoms with van der Waals surface area (Å²) in [7, 11) is 0. The molecule has 0 aliphatic rings. The second-order valence-corrected chi connectivity index (χ2v) is 10.6. The number of carboxylic acid groups (broad SMARTS) is 3. The van der Waals surface area contributed by atoms with E-state index in [1.54, 1.807) is 0 Å². The van der Waals surface area contributed by atoms with Gasteiger partial charge < -0.3 is 30.6 Å². The van der Waals surface area contributed by atoms with Gasteiger partial charge in [0.1, 0.15) is 0 Å². The molecule has 0 saturated heterocycles. The molecule has 0 amide bonds. The Labute approximate surface area is 235 Å². The number of allylic oxidation sites excluding steroid dienone is 2. The summed E-state index contributed by atoms with van der Waals surface area (Å²) in [5.41, 5.74) is -0.544. The monoisotopic (exact) mass is 560 g/mol. The lowest BCUT2D eigenvalue weighted by Gasteiger charge is -2.35. The molecule has 1 atom stereocenters. The molecule has 230 valence electrons. The van der Waals surface area contributed by atoms with Gasteiger partial charge in [-0.15, -0.1) is 0 Å². The molecular weight excluding hydrogens is 504 g/mol. The van der Waals surface area contributed by atoms with E-state index < -0.39 is 23.3 Å². The Balaban J connectivity index is 0. The topological polar surface area (TPSA) is 173 Å². The summed E-state index contributed by atoms with van der Waals surface area (Å²) < 4.78 is 0.